The molecule has 0 aliphatic rings. The maximum absolute atomic E-state index is 13.6. The van der Waals surface area contributed by atoms with Crippen LogP contribution in [0.5, 0.6) is 5.75 Å². The van der Waals surface area contributed by atoms with Crippen LogP contribution >= 0.6 is 0 Å². The van der Waals surface area contributed by atoms with E-state index >= 15 is 0 Å². The Kier molecular flexibility index (Phi) is 5.68. The number of benzene rings is 2. The molecule has 1 aromatic heterocycles. The van der Waals surface area contributed by atoms with Gasteiger partial charge in [-0.05, 0) is 42.8 Å². The Hall–Kier alpha value is -2.66. The lowest BCUT2D eigenvalue weighted by atomic mass is 10.1. The first-order valence-corrected chi connectivity index (χ1v) is 8.68. The number of fused-ring (bicyclic) bond motifs is 1. The van der Waals surface area contributed by atoms with Crippen LogP contribution in [-0.2, 0) is 13.0 Å². The molecule has 0 aliphatic heterocycles. The lowest BCUT2D eigenvalue weighted by molar-refractivity contribution is 0.227. The summed E-state index contributed by atoms with van der Waals surface area (Å²) in [6, 6.07) is 13.8. The number of nitrogens with zero attached hydrogens (tertiary/aromatic N) is 1. The fraction of sp³-hybridized carbons (Fsp3) is 0.286. The predicted octanol–water partition coefficient (Wildman–Crippen LogP) is 4.01. The Bertz CT molecular complexity index is 951. The molecular formula is C21H22FNO3. The summed E-state index contributed by atoms with van der Waals surface area (Å²) >= 11 is 0. The number of aryl methyl sites for hydroxylation is 1. The third kappa shape index (κ3) is 4.29. The lowest BCUT2D eigenvalue weighted by Crippen LogP contribution is -2.24. The molecule has 3 aromatic rings. The van der Waals surface area contributed by atoms with Crippen molar-refractivity contribution in [2.45, 2.75) is 19.9 Å². The smallest absolute Gasteiger partial charge is 0.336 e. The summed E-state index contributed by atoms with van der Waals surface area (Å²) in [6.45, 7) is 3.60. The molecule has 4 nitrogen and oxygen atoms in total. The van der Waals surface area contributed by atoms with Crippen LogP contribution in [0.2, 0.25) is 0 Å². The molecule has 0 radical (unpaired) electrons. The molecule has 136 valence electrons. The Morgan fingerprint density at radius 2 is 1.96 bits per heavy atom. The van der Waals surface area contributed by atoms with Gasteiger partial charge in [-0.2, -0.15) is 0 Å². The van der Waals surface area contributed by atoms with Crippen LogP contribution < -0.4 is 10.4 Å². The normalized spacial score (nSPS) is 11.2. The number of likely N-dealkylation sites (N-methyl/N-ethyl adjacent to an activating group) is 1. The Labute approximate surface area is 151 Å². The summed E-state index contributed by atoms with van der Waals surface area (Å²) in [5, 5.41) is 0.934. The van der Waals surface area contributed by atoms with Gasteiger partial charge in [0, 0.05) is 24.5 Å². The molecular weight excluding hydrogens is 333 g/mol. The molecule has 0 N–H and O–H groups in total. The Balaban J connectivity index is 1.68. The van der Waals surface area contributed by atoms with Gasteiger partial charge in [-0.1, -0.05) is 31.2 Å². The maximum atomic E-state index is 13.6. The minimum atomic E-state index is -0.367. The van der Waals surface area contributed by atoms with Crippen molar-refractivity contribution in [3.63, 3.8) is 0 Å². The van der Waals surface area contributed by atoms with Gasteiger partial charge in [0.15, 0.2) is 11.6 Å². The van der Waals surface area contributed by atoms with E-state index in [9.17, 15) is 9.18 Å². The van der Waals surface area contributed by atoms with Crippen molar-refractivity contribution in [2.75, 3.05) is 20.2 Å². The van der Waals surface area contributed by atoms with Crippen molar-refractivity contribution < 1.29 is 13.5 Å². The molecule has 0 aliphatic carbocycles. The molecule has 5 heteroatoms. The third-order valence-corrected chi connectivity index (χ3v) is 4.31. The molecule has 1 heterocycles. The van der Waals surface area contributed by atoms with Gasteiger partial charge in [0.1, 0.15) is 12.2 Å². The molecule has 0 saturated heterocycles. The van der Waals surface area contributed by atoms with Crippen LogP contribution in [0.3, 0.4) is 0 Å². The van der Waals surface area contributed by atoms with E-state index in [1.165, 1.54) is 12.1 Å². The molecule has 0 saturated carbocycles. The van der Waals surface area contributed by atoms with Gasteiger partial charge in [-0.15, -0.1) is 0 Å². The van der Waals surface area contributed by atoms with Crippen molar-refractivity contribution >= 4 is 11.0 Å². The summed E-state index contributed by atoms with van der Waals surface area (Å²) in [4.78, 5) is 13.9. The second kappa shape index (κ2) is 8.15. The van der Waals surface area contributed by atoms with Crippen molar-refractivity contribution in [3.05, 3.63) is 75.9 Å². The SMILES string of the molecule is CCc1ccc2c(CN(C)CCOc3ccccc3F)cc(=O)oc2c1. The Morgan fingerprint density at radius 1 is 1.15 bits per heavy atom. The molecule has 26 heavy (non-hydrogen) atoms. The average Bonchev–Trinajstić information content (AvgIpc) is 2.62. The first kappa shape index (κ1) is 18.1. The third-order valence-electron chi connectivity index (χ3n) is 4.31. The number of hydrogen-bond acceptors (Lipinski definition) is 4. The van der Waals surface area contributed by atoms with Gasteiger partial charge >= 0.3 is 5.63 Å². The van der Waals surface area contributed by atoms with Gasteiger partial charge in [0.05, 0.1) is 0 Å². The predicted molar refractivity (Wildman–Crippen MR) is 100 cm³/mol. The standard InChI is InChI=1S/C21H22FNO3/c1-3-15-8-9-17-16(13-21(24)26-20(17)12-15)14-23(2)10-11-25-19-7-5-4-6-18(19)22/h4-9,12-13H,3,10-11,14H2,1-2H3. The molecule has 3 rings (SSSR count). The highest BCUT2D eigenvalue weighted by Gasteiger charge is 2.09. The summed E-state index contributed by atoms with van der Waals surface area (Å²) in [5.74, 6) is -0.118. The van der Waals surface area contributed by atoms with E-state index in [1.807, 2.05) is 30.1 Å². The van der Waals surface area contributed by atoms with E-state index in [2.05, 4.69) is 6.92 Å². The number of para-hydroxylation sites is 1. The zero-order valence-electron chi connectivity index (χ0n) is 15.0. The first-order valence-electron chi connectivity index (χ1n) is 8.68. The van der Waals surface area contributed by atoms with E-state index in [0.29, 0.717) is 25.3 Å². The van der Waals surface area contributed by atoms with Gasteiger partial charge in [-0.25, -0.2) is 9.18 Å². The highest BCUT2D eigenvalue weighted by molar-refractivity contribution is 5.80. The van der Waals surface area contributed by atoms with Crippen LogP contribution in [-0.4, -0.2) is 25.1 Å². The maximum Gasteiger partial charge on any atom is 0.336 e. The Morgan fingerprint density at radius 3 is 2.73 bits per heavy atom. The first-order chi connectivity index (χ1) is 12.6. The lowest BCUT2D eigenvalue weighted by Gasteiger charge is -2.18. The topological polar surface area (TPSA) is 42.7 Å². The molecule has 0 bridgehead atoms. The number of rotatable bonds is 7. The molecule has 0 amide bonds. The minimum Gasteiger partial charge on any atom is -0.489 e. The zero-order chi connectivity index (χ0) is 18.5. The van der Waals surface area contributed by atoms with Crippen molar-refractivity contribution in [3.8, 4) is 5.75 Å². The molecule has 0 spiro atoms. The number of hydrogen-bond donors (Lipinski definition) is 0. The quantitative estimate of drug-likeness (QED) is 0.601. The summed E-state index contributed by atoms with van der Waals surface area (Å²) in [7, 11) is 1.94. The number of ether oxygens (including phenoxy) is 1. The van der Waals surface area contributed by atoms with Crippen molar-refractivity contribution in [2.24, 2.45) is 0 Å². The van der Waals surface area contributed by atoms with E-state index < -0.39 is 0 Å². The van der Waals surface area contributed by atoms with Gasteiger partial charge in [-0.3, -0.25) is 4.90 Å². The van der Waals surface area contributed by atoms with Crippen LogP contribution in [0.25, 0.3) is 11.0 Å². The van der Waals surface area contributed by atoms with Gasteiger partial charge in [0.2, 0.25) is 0 Å². The second-order valence-corrected chi connectivity index (χ2v) is 6.29. The zero-order valence-corrected chi connectivity index (χ0v) is 15.0. The van der Waals surface area contributed by atoms with E-state index in [4.69, 9.17) is 9.15 Å². The fourth-order valence-electron chi connectivity index (χ4n) is 2.87. The second-order valence-electron chi connectivity index (χ2n) is 6.29. The van der Waals surface area contributed by atoms with Crippen LogP contribution in [0, 0.1) is 5.82 Å². The van der Waals surface area contributed by atoms with Gasteiger partial charge in [0.25, 0.3) is 0 Å². The summed E-state index contributed by atoms with van der Waals surface area (Å²) < 4.78 is 24.4. The molecule has 0 fully saturated rings. The average molecular weight is 355 g/mol. The van der Waals surface area contributed by atoms with E-state index in [1.54, 1.807) is 18.2 Å². The summed E-state index contributed by atoms with van der Waals surface area (Å²) in [5.41, 5.74) is 2.30. The highest BCUT2D eigenvalue weighted by Crippen LogP contribution is 2.20. The molecule has 2 aromatic carbocycles. The molecule has 0 atom stereocenters. The largest absolute Gasteiger partial charge is 0.489 e. The fourth-order valence-corrected chi connectivity index (χ4v) is 2.87. The van der Waals surface area contributed by atoms with Crippen LogP contribution in [0.4, 0.5) is 4.39 Å². The van der Waals surface area contributed by atoms with Crippen LogP contribution in [0.15, 0.2) is 57.7 Å². The summed E-state index contributed by atoms with van der Waals surface area (Å²) in [6.07, 6.45) is 0.886. The van der Waals surface area contributed by atoms with E-state index in [-0.39, 0.29) is 17.2 Å². The van der Waals surface area contributed by atoms with E-state index in [0.717, 1.165) is 22.9 Å². The number of halogens is 1. The van der Waals surface area contributed by atoms with Crippen molar-refractivity contribution in [1.29, 1.82) is 0 Å². The highest BCUT2D eigenvalue weighted by atomic mass is 19.1. The minimum absolute atomic E-state index is 0.249. The van der Waals surface area contributed by atoms with Crippen molar-refractivity contribution in [1.82, 2.24) is 4.90 Å². The van der Waals surface area contributed by atoms with Crippen LogP contribution in [0.1, 0.15) is 18.1 Å². The molecule has 0 unspecified atom stereocenters. The monoisotopic (exact) mass is 355 g/mol. The van der Waals surface area contributed by atoms with Gasteiger partial charge < -0.3 is 9.15 Å².